The molecule has 80 valence electrons. The van der Waals surface area contributed by atoms with Crippen LogP contribution in [-0.4, -0.2) is 11.1 Å². The summed E-state index contributed by atoms with van der Waals surface area (Å²) in [6, 6.07) is 0. The number of allylic oxidation sites excluding steroid dienone is 2. The van der Waals surface area contributed by atoms with Crippen LogP contribution in [0.15, 0.2) is 11.1 Å². The van der Waals surface area contributed by atoms with Crippen LogP contribution in [0.2, 0.25) is 0 Å². The second-order valence-electron chi connectivity index (χ2n) is 4.38. The molecule has 0 aromatic carbocycles. The highest BCUT2D eigenvalue weighted by molar-refractivity contribution is 5.66. The van der Waals surface area contributed by atoms with E-state index in [1.807, 2.05) is 0 Å². The van der Waals surface area contributed by atoms with Crippen LogP contribution in [0.5, 0.6) is 0 Å². The average molecular weight is 196 g/mol. The first-order chi connectivity index (χ1) is 6.61. The van der Waals surface area contributed by atoms with Crippen molar-refractivity contribution in [3.8, 4) is 0 Å². The highest BCUT2D eigenvalue weighted by Crippen LogP contribution is 2.33. The molecule has 1 rings (SSSR count). The zero-order valence-corrected chi connectivity index (χ0v) is 9.18. The molecular formula is C12H20O2. The van der Waals surface area contributed by atoms with Gasteiger partial charge < -0.3 is 5.11 Å². The van der Waals surface area contributed by atoms with Gasteiger partial charge in [-0.2, -0.15) is 0 Å². The minimum Gasteiger partial charge on any atom is -0.481 e. The van der Waals surface area contributed by atoms with E-state index in [2.05, 4.69) is 13.8 Å². The topological polar surface area (TPSA) is 37.3 Å². The number of carboxylic acid groups (broad SMARTS) is 1. The Morgan fingerprint density at radius 1 is 1.43 bits per heavy atom. The molecule has 0 radical (unpaired) electrons. The van der Waals surface area contributed by atoms with Gasteiger partial charge in [0.05, 0.1) is 0 Å². The first kappa shape index (κ1) is 11.3. The number of rotatable bonds is 5. The molecule has 0 spiro atoms. The summed E-state index contributed by atoms with van der Waals surface area (Å²) in [6.07, 6.45) is 5.83. The van der Waals surface area contributed by atoms with Crippen molar-refractivity contribution in [3.63, 3.8) is 0 Å². The van der Waals surface area contributed by atoms with Crippen LogP contribution in [0.25, 0.3) is 0 Å². The van der Waals surface area contributed by atoms with E-state index in [1.165, 1.54) is 19.3 Å². The summed E-state index contributed by atoms with van der Waals surface area (Å²) in [6.45, 7) is 4.47. The van der Waals surface area contributed by atoms with Gasteiger partial charge in [0, 0.05) is 6.42 Å². The van der Waals surface area contributed by atoms with Crippen molar-refractivity contribution in [1.29, 1.82) is 0 Å². The van der Waals surface area contributed by atoms with Crippen LogP contribution in [0.3, 0.4) is 0 Å². The number of carboxylic acids is 1. The van der Waals surface area contributed by atoms with E-state index in [0.29, 0.717) is 12.3 Å². The minimum atomic E-state index is -0.672. The molecule has 0 heterocycles. The molecule has 0 saturated heterocycles. The van der Waals surface area contributed by atoms with Crippen molar-refractivity contribution in [2.45, 2.75) is 52.4 Å². The van der Waals surface area contributed by atoms with E-state index in [1.54, 1.807) is 11.1 Å². The van der Waals surface area contributed by atoms with Crippen molar-refractivity contribution < 1.29 is 9.90 Å². The number of aliphatic carboxylic acids is 1. The number of hydrogen-bond donors (Lipinski definition) is 1. The lowest BCUT2D eigenvalue weighted by molar-refractivity contribution is -0.137. The van der Waals surface area contributed by atoms with E-state index in [0.717, 1.165) is 12.8 Å². The van der Waals surface area contributed by atoms with E-state index < -0.39 is 5.97 Å². The maximum atomic E-state index is 10.4. The summed E-state index contributed by atoms with van der Waals surface area (Å²) in [5, 5.41) is 8.55. The Labute approximate surface area is 86.0 Å². The largest absolute Gasteiger partial charge is 0.481 e. The molecular weight excluding hydrogens is 176 g/mol. The van der Waals surface area contributed by atoms with E-state index >= 15 is 0 Å². The zero-order chi connectivity index (χ0) is 10.6. The predicted octanol–water partition coefficient (Wildman–Crippen LogP) is 3.38. The fraction of sp³-hybridized carbons (Fsp3) is 0.750. The zero-order valence-electron chi connectivity index (χ0n) is 9.18. The fourth-order valence-corrected chi connectivity index (χ4v) is 2.27. The quantitative estimate of drug-likeness (QED) is 0.684. The van der Waals surface area contributed by atoms with Crippen LogP contribution >= 0.6 is 0 Å². The summed E-state index contributed by atoms with van der Waals surface area (Å²) in [4.78, 5) is 10.4. The van der Waals surface area contributed by atoms with Gasteiger partial charge in [-0.05, 0) is 38.0 Å². The molecule has 1 aliphatic rings. The summed E-state index contributed by atoms with van der Waals surface area (Å²) < 4.78 is 0. The first-order valence-corrected chi connectivity index (χ1v) is 5.54. The van der Waals surface area contributed by atoms with Gasteiger partial charge >= 0.3 is 5.97 Å². The second-order valence-corrected chi connectivity index (χ2v) is 4.38. The number of hydrogen-bond acceptors (Lipinski definition) is 1. The highest BCUT2D eigenvalue weighted by atomic mass is 16.4. The monoisotopic (exact) mass is 196 g/mol. The van der Waals surface area contributed by atoms with Crippen LogP contribution in [0.4, 0.5) is 0 Å². The normalized spacial score (nSPS) is 16.8. The van der Waals surface area contributed by atoms with Crippen LogP contribution in [-0.2, 0) is 4.79 Å². The summed E-state index contributed by atoms with van der Waals surface area (Å²) in [7, 11) is 0. The molecule has 1 aliphatic carbocycles. The van der Waals surface area contributed by atoms with Gasteiger partial charge in [-0.25, -0.2) is 0 Å². The second kappa shape index (κ2) is 5.18. The fourth-order valence-electron chi connectivity index (χ4n) is 2.27. The van der Waals surface area contributed by atoms with Crippen molar-refractivity contribution in [1.82, 2.24) is 0 Å². The van der Waals surface area contributed by atoms with Crippen LogP contribution in [0, 0.1) is 5.92 Å². The maximum Gasteiger partial charge on any atom is 0.303 e. The summed E-state index contributed by atoms with van der Waals surface area (Å²) in [5.74, 6) is -0.0213. The predicted molar refractivity (Wildman–Crippen MR) is 57.2 cm³/mol. The molecule has 0 aromatic heterocycles. The lowest BCUT2D eigenvalue weighted by atomic mass is 9.96. The summed E-state index contributed by atoms with van der Waals surface area (Å²) >= 11 is 0. The van der Waals surface area contributed by atoms with Gasteiger partial charge in [0.15, 0.2) is 0 Å². The van der Waals surface area contributed by atoms with Crippen molar-refractivity contribution in [3.05, 3.63) is 11.1 Å². The molecule has 0 bridgehead atoms. The van der Waals surface area contributed by atoms with Gasteiger partial charge in [0.2, 0.25) is 0 Å². The van der Waals surface area contributed by atoms with E-state index in [9.17, 15) is 4.79 Å². The Morgan fingerprint density at radius 2 is 2.14 bits per heavy atom. The van der Waals surface area contributed by atoms with Crippen molar-refractivity contribution >= 4 is 5.97 Å². The van der Waals surface area contributed by atoms with Gasteiger partial charge in [0.1, 0.15) is 0 Å². The molecule has 2 heteroatoms. The molecule has 1 N–H and O–H groups in total. The van der Waals surface area contributed by atoms with Gasteiger partial charge in [0.25, 0.3) is 0 Å². The lowest BCUT2D eigenvalue weighted by Crippen LogP contribution is -1.97. The number of carbonyl (C=O) groups is 1. The van der Waals surface area contributed by atoms with E-state index in [-0.39, 0.29) is 0 Å². The maximum absolute atomic E-state index is 10.4. The van der Waals surface area contributed by atoms with Crippen molar-refractivity contribution in [2.24, 2.45) is 5.92 Å². The Morgan fingerprint density at radius 3 is 2.71 bits per heavy atom. The average Bonchev–Trinajstić information content (AvgIpc) is 2.51. The molecule has 0 aliphatic heterocycles. The standard InChI is InChI=1S/C12H20O2/c1-9(2)11-7-3-5-10(11)6-4-8-12(13)14/h9H,3-8H2,1-2H3,(H,13,14). The van der Waals surface area contributed by atoms with Gasteiger partial charge in [-0.15, -0.1) is 0 Å². The Balaban J connectivity index is 2.41. The Bertz CT molecular complexity index is 239. The smallest absolute Gasteiger partial charge is 0.303 e. The Kier molecular flexibility index (Phi) is 4.18. The molecule has 0 fully saturated rings. The molecule has 2 nitrogen and oxygen atoms in total. The molecule has 0 unspecified atom stereocenters. The van der Waals surface area contributed by atoms with Crippen LogP contribution in [0.1, 0.15) is 52.4 Å². The summed E-state index contributed by atoms with van der Waals surface area (Å²) in [5.41, 5.74) is 3.14. The van der Waals surface area contributed by atoms with E-state index in [4.69, 9.17) is 5.11 Å². The van der Waals surface area contributed by atoms with Gasteiger partial charge in [-0.1, -0.05) is 25.0 Å². The molecule has 0 atom stereocenters. The van der Waals surface area contributed by atoms with Gasteiger partial charge in [-0.3, -0.25) is 4.79 Å². The minimum absolute atomic E-state index is 0.314. The molecule has 0 saturated carbocycles. The first-order valence-electron chi connectivity index (χ1n) is 5.54. The third kappa shape index (κ3) is 3.17. The molecule has 0 amide bonds. The highest BCUT2D eigenvalue weighted by Gasteiger charge is 2.16. The molecule has 14 heavy (non-hydrogen) atoms. The Hall–Kier alpha value is -0.790. The SMILES string of the molecule is CC(C)C1=C(CCCC(=O)O)CCC1. The lowest BCUT2D eigenvalue weighted by Gasteiger charge is -2.10. The third-order valence-corrected chi connectivity index (χ3v) is 2.94. The van der Waals surface area contributed by atoms with Crippen molar-refractivity contribution in [2.75, 3.05) is 0 Å². The molecule has 0 aromatic rings. The third-order valence-electron chi connectivity index (χ3n) is 2.94. The van der Waals surface area contributed by atoms with Crippen LogP contribution < -0.4 is 0 Å².